The predicted octanol–water partition coefficient (Wildman–Crippen LogP) is 2.40. The Hall–Kier alpha value is -0.370. The quantitative estimate of drug-likeness (QED) is 0.739. The molecule has 1 N–H and O–H groups in total. The molecule has 1 aliphatic carbocycles. The van der Waals surface area contributed by atoms with E-state index in [9.17, 15) is 9.90 Å². The van der Waals surface area contributed by atoms with Crippen LogP contribution in [-0.4, -0.2) is 16.5 Å². The predicted molar refractivity (Wildman–Crippen MR) is 57.0 cm³/mol. The Bertz CT molecular complexity index is 222. The first-order chi connectivity index (χ1) is 6.38. The van der Waals surface area contributed by atoms with Gasteiger partial charge in [-0.3, -0.25) is 4.79 Å². The monoisotopic (exact) mass is 198 g/mol. The highest BCUT2D eigenvalue weighted by Gasteiger charge is 2.44. The molecule has 1 aliphatic rings. The van der Waals surface area contributed by atoms with Crippen LogP contribution in [0.25, 0.3) is 0 Å². The summed E-state index contributed by atoms with van der Waals surface area (Å²) in [5.74, 6) is 1.12. The number of carbonyl (C=O) groups excluding carboxylic acids is 1. The number of hydrogen-bond acceptors (Lipinski definition) is 2. The molecule has 2 nitrogen and oxygen atoms in total. The molecule has 0 spiro atoms. The van der Waals surface area contributed by atoms with Crippen molar-refractivity contribution in [1.29, 1.82) is 0 Å². The first-order valence-corrected chi connectivity index (χ1v) is 5.61. The maximum Gasteiger partial charge on any atom is 0.161 e. The van der Waals surface area contributed by atoms with E-state index in [0.717, 1.165) is 12.8 Å². The Morgan fingerprint density at radius 3 is 2.43 bits per heavy atom. The van der Waals surface area contributed by atoms with E-state index in [1.165, 1.54) is 6.92 Å². The zero-order valence-corrected chi connectivity index (χ0v) is 9.71. The number of hydrogen-bond donors (Lipinski definition) is 1. The van der Waals surface area contributed by atoms with Crippen molar-refractivity contribution < 1.29 is 9.90 Å². The van der Waals surface area contributed by atoms with Crippen LogP contribution >= 0.6 is 0 Å². The summed E-state index contributed by atoms with van der Waals surface area (Å²) in [6.45, 7) is 7.83. The van der Waals surface area contributed by atoms with E-state index >= 15 is 0 Å². The molecular weight excluding hydrogens is 176 g/mol. The molecule has 0 saturated heterocycles. The standard InChI is InChI=1S/C12H22O2/c1-8(2)11-6-5-9(3)12(14,7-11)10(4)13/h8-9,11,14H,5-7H2,1-4H3/t9-,11-,12+/m1/s1. The van der Waals surface area contributed by atoms with E-state index in [-0.39, 0.29) is 11.7 Å². The molecule has 0 radical (unpaired) electrons. The van der Waals surface area contributed by atoms with Gasteiger partial charge in [-0.15, -0.1) is 0 Å². The summed E-state index contributed by atoms with van der Waals surface area (Å²) in [4.78, 5) is 11.4. The fraction of sp³-hybridized carbons (Fsp3) is 0.917. The normalized spacial score (nSPS) is 38.7. The van der Waals surface area contributed by atoms with E-state index in [4.69, 9.17) is 0 Å². The Kier molecular flexibility index (Phi) is 3.36. The van der Waals surface area contributed by atoms with Gasteiger partial charge in [0.25, 0.3) is 0 Å². The molecule has 1 saturated carbocycles. The molecule has 3 atom stereocenters. The average molecular weight is 198 g/mol. The highest BCUT2D eigenvalue weighted by molar-refractivity contribution is 5.85. The van der Waals surface area contributed by atoms with Gasteiger partial charge in [-0.05, 0) is 43.9 Å². The van der Waals surface area contributed by atoms with Gasteiger partial charge in [0.05, 0.1) is 0 Å². The van der Waals surface area contributed by atoms with E-state index in [1.54, 1.807) is 0 Å². The van der Waals surface area contributed by atoms with Crippen LogP contribution in [0.5, 0.6) is 0 Å². The minimum atomic E-state index is -1.05. The fourth-order valence-corrected chi connectivity index (χ4v) is 2.47. The largest absolute Gasteiger partial charge is 0.382 e. The van der Waals surface area contributed by atoms with Gasteiger partial charge in [-0.2, -0.15) is 0 Å². The van der Waals surface area contributed by atoms with Gasteiger partial charge in [-0.25, -0.2) is 0 Å². The zero-order chi connectivity index (χ0) is 10.9. The summed E-state index contributed by atoms with van der Waals surface area (Å²) in [7, 11) is 0. The molecule has 1 rings (SSSR count). The van der Waals surface area contributed by atoms with Crippen molar-refractivity contribution in [1.82, 2.24) is 0 Å². The number of ketones is 1. The molecular formula is C12H22O2. The van der Waals surface area contributed by atoms with Gasteiger partial charge in [0, 0.05) is 0 Å². The summed E-state index contributed by atoms with van der Waals surface area (Å²) in [6, 6.07) is 0. The minimum absolute atomic E-state index is 0.0599. The first kappa shape index (κ1) is 11.7. The second-order valence-corrected chi connectivity index (χ2v) is 5.17. The lowest BCUT2D eigenvalue weighted by Crippen LogP contribution is -2.48. The van der Waals surface area contributed by atoms with Crippen molar-refractivity contribution in [3.8, 4) is 0 Å². The molecule has 14 heavy (non-hydrogen) atoms. The molecule has 0 unspecified atom stereocenters. The van der Waals surface area contributed by atoms with Gasteiger partial charge in [-0.1, -0.05) is 20.8 Å². The van der Waals surface area contributed by atoms with Gasteiger partial charge >= 0.3 is 0 Å². The van der Waals surface area contributed by atoms with Crippen LogP contribution in [0, 0.1) is 17.8 Å². The van der Waals surface area contributed by atoms with Crippen molar-refractivity contribution in [3.63, 3.8) is 0 Å². The summed E-state index contributed by atoms with van der Waals surface area (Å²) >= 11 is 0. The van der Waals surface area contributed by atoms with Crippen molar-refractivity contribution in [2.24, 2.45) is 17.8 Å². The number of Topliss-reactive ketones (excluding diaryl/α,β-unsaturated/α-hetero) is 1. The third kappa shape index (κ3) is 2.00. The molecule has 0 aromatic heterocycles. The second kappa shape index (κ2) is 4.01. The molecule has 0 aromatic carbocycles. The van der Waals surface area contributed by atoms with E-state index in [1.807, 2.05) is 6.92 Å². The maximum absolute atomic E-state index is 11.4. The molecule has 1 fully saturated rings. The van der Waals surface area contributed by atoms with Crippen LogP contribution in [0.4, 0.5) is 0 Å². The van der Waals surface area contributed by atoms with E-state index in [0.29, 0.717) is 18.3 Å². The third-order valence-electron chi connectivity index (χ3n) is 3.91. The van der Waals surface area contributed by atoms with Crippen molar-refractivity contribution in [2.45, 2.75) is 52.6 Å². The highest BCUT2D eigenvalue weighted by Crippen LogP contribution is 2.40. The Morgan fingerprint density at radius 2 is 2.00 bits per heavy atom. The number of carbonyl (C=O) groups is 1. The summed E-state index contributed by atoms with van der Waals surface area (Å²) in [6.07, 6.45) is 2.77. The van der Waals surface area contributed by atoms with Crippen LogP contribution in [0.15, 0.2) is 0 Å². The maximum atomic E-state index is 11.4. The van der Waals surface area contributed by atoms with Gasteiger partial charge < -0.3 is 5.11 Å². The first-order valence-electron chi connectivity index (χ1n) is 5.61. The Labute approximate surface area is 86.7 Å². The SMILES string of the molecule is CC(=O)[C@]1(O)C[C@H](C(C)C)CC[C@H]1C. The van der Waals surface area contributed by atoms with Crippen LogP contribution in [0.3, 0.4) is 0 Å². The molecule has 0 heterocycles. The fourth-order valence-electron chi connectivity index (χ4n) is 2.47. The van der Waals surface area contributed by atoms with Crippen molar-refractivity contribution in [3.05, 3.63) is 0 Å². The molecule has 82 valence electrons. The molecule has 0 bridgehead atoms. The molecule has 0 amide bonds. The Morgan fingerprint density at radius 1 is 1.43 bits per heavy atom. The molecule has 2 heteroatoms. The lowest BCUT2D eigenvalue weighted by molar-refractivity contribution is -0.147. The van der Waals surface area contributed by atoms with Crippen molar-refractivity contribution in [2.75, 3.05) is 0 Å². The summed E-state index contributed by atoms with van der Waals surface area (Å²) < 4.78 is 0. The van der Waals surface area contributed by atoms with Crippen LogP contribution in [0.1, 0.15) is 47.0 Å². The summed E-state index contributed by atoms with van der Waals surface area (Å²) in [5, 5.41) is 10.3. The van der Waals surface area contributed by atoms with Gasteiger partial charge in [0.1, 0.15) is 5.60 Å². The van der Waals surface area contributed by atoms with Crippen LogP contribution in [0.2, 0.25) is 0 Å². The van der Waals surface area contributed by atoms with Crippen LogP contribution in [-0.2, 0) is 4.79 Å². The van der Waals surface area contributed by atoms with Gasteiger partial charge in [0.15, 0.2) is 5.78 Å². The third-order valence-corrected chi connectivity index (χ3v) is 3.91. The Balaban J connectivity index is 2.78. The average Bonchev–Trinajstić information content (AvgIpc) is 2.09. The smallest absolute Gasteiger partial charge is 0.161 e. The zero-order valence-electron chi connectivity index (χ0n) is 9.71. The van der Waals surface area contributed by atoms with Crippen molar-refractivity contribution >= 4 is 5.78 Å². The summed E-state index contributed by atoms with van der Waals surface area (Å²) in [5.41, 5.74) is -1.05. The minimum Gasteiger partial charge on any atom is -0.382 e. The number of rotatable bonds is 2. The number of aliphatic hydroxyl groups is 1. The van der Waals surface area contributed by atoms with Crippen LogP contribution < -0.4 is 0 Å². The van der Waals surface area contributed by atoms with E-state index < -0.39 is 5.60 Å². The van der Waals surface area contributed by atoms with Gasteiger partial charge in [0.2, 0.25) is 0 Å². The second-order valence-electron chi connectivity index (χ2n) is 5.17. The molecule has 0 aliphatic heterocycles. The topological polar surface area (TPSA) is 37.3 Å². The lowest BCUT2D eigenvalue weighted by Gasteiger charge is -2.41. The molecule has 0 aromatic rings. The highest BCUT2D eigenvalue weighted by atomic mass is 16.3. The van der Waals surface area contributed by atoms with E-state index in [2.05, 4.69) is 13.8 Å². The lowest BCUT2D eigenvalue weighted by atomic mass is 9.67.